The first-order valence-corrected chi connectivity index (χ1v) is 13.6. The second-order valence-electron chi connectivity index (χ2n) is 9.06. The highest BCUT2D eigenvalue weighted by molar-refractivity contribution is 7.89. The zero-order valence-corrected chi connectivity index (χ0v) is 19.5. The number of piperidine rings is 1. The molecule has 1 aromatic rings. The fraction of sp³-hybridized carbons (Fsp3) is 0.714. The molecule has 1 saturated heterocycles. The van der Waals surface area contributed by atoms with Crippen LogP contribution in [0.2, 0.25) is 0 Å². The maximum absolute atomic E-state index is 13.1. The summed E-state index contributed by atoms with van der Waals surface area (Å²) in [6.45, 7) is 8.15. The Morgan fingerprint density at radius 3 is 1.93 bits per heavy atom. The molecular weight excluding hydrogens is 408 g/mol. The molecule has 5 unspecified atom stereocenters. The molecule has 3 rings (SSSR count). The van der Waals surface area contributed by atoms with Gasteiger partial charge < -0.3 is 0 Å². The van der Waals surface area contributed by atoms with Gasteiger partial charge in [-0.1, -0.05) is 20.3 Å². The van der Waals surface area contributed by atoms with Crippen LogP contribution in [0.4, 0.5) is 0 Å². The van der Waals surface area contributed by atoms with Gasteiger partial charge in [0.1, 0.15) is 0 Å². The molecule has 0 spiro atoms. The van der Waals surface area contributed by atoms with Gasteiger partial charge in [-0.2, -0.15) is 4.31 Å². The average Bonchev–Trinajstić information content (AvgIpc) is 2.64. The lowest BCUT2D eigenvalue weighted by molar-refractivity contribution is 0.204. The zero-order chi connectivity index (χ0) is 21.4. The quantitative estimate of drug-likeness (QED) is 0.753. The van der Waals surface area contributed by atoms with Gasteiger partial charge in [-0.15, -0.1) is 0 Å². The van der Waals surface area contributed by atoms with E-state index in [0.29, 0.717) is 5.92 Å². The molecule has 1 saturated carbocycles. The van der Waals surface area contributed by atoms with Gasteiger partial charge in [0.2, 0.25) is 20.0 Å². The number of nitrogens with zero attached hydrogens (tertiary/aromatic N) is 1. The van der Waals surface area contributed by atoms with Crippen LogP contribution < -0.4 is 4.72 Å². The molecule has 0 amide bonds. The number of benzene rings is 1. The van der Waals surface area contributed by atoms with Gasteiger partial charge in [-0.3, -0.25) is 0 Å². The molecule has 1 aliphatic carbocycles. The van der Waals surface area contributed by atoms with Crippen molar-refractivity contribution in [1.29, 1.82) is 0 Å². The summed E-state index contributed by atoms with van der Waals surface area (Å²) >= 11 is 0. The summed E-state index contributed by atoms with van der Waals surface area (Å²) in [5.41, 5.74) is 0. The molecule has 0 radical (unpaired) electrons. The van der Waals surface area contributed by atoms with Gasteiger partial charge in [0.05, 0.1) is 9.79 Å². The van der Waals surface area contributed by atoms with Crippen LogP contribution in [0.3, 0.4) is 0 Å². The monoisotopic (exact) mass is 442 g/mol. The lowest BCUT2D eigenvalue weighted by Crippen LogP contribution is -2.47. The van der Waals surface area contributed by atoms with E-state index in [1.807, 2.05) is 13.8 Å². The van der Waals surface area contributed by atoms with E-state index in [9.17, 15) is 16.8 Å². The highest BCUT2D eigenvalue weighted by atomic mass is 32.2. The van der Waals surface area contributed by atoms with Crippen molar-refractivity contribution in [3.63, 3.8) is 0 Å². The minimum absolute atomic E-state index is 0.0518. The molecule has 164 valence electrons. The van der Waals surface area contributed by atoms with Crippen LogP contribution >= 0.6 is 0 Å². The predicted molar refractivity (Wildman–Crippen MR) is 115 cm³/mol. The minimum Gasteiger partial charge on any atom is -0.208 e. The van der Waals surface area contributed by atoms with E-state index < -0.39 is 20.0 Å². The van der Waals surface area contributed by atoms with Crippen molar-refractivity contribution in [1.82, 2.24) is 9.03 Å². The normalized spacial score (nSPS) is 32.2. The summed E-state index contributed by atoms with van der Waals surface area (Å²) < 4.78 is 56.3. The van der Waals surface area contributed by atoms with Gasteiger partial charge in [-0.05, 0) is 82.1 Å². The standard InChI is InChI=1S/C21H34N2O4S2/c1-15-8-13-21(16(2)14-15)22-28(24,25)19-9-11-20(12-10-19)29(26,27)23-17(3)6-5-7-18(23)4/h9-12,15-18,21-22H,5-8,13-14H2,1-4H3. The Labute approximate surface area is 176 Å². The van der Waals surface area contributed by atoms with Crippen molar-refractivity contribution in [3.05, 3.63) is 24.3 Å². The summed E-state index contributed by atoms with van der Waals surface area (Å²) in [7, 11) is -7.32. The largest absolute Gasteiger partial charge is 0.243 e. The Hall–Kier alpha value is -0.960. The van der Waals surface area contributed by atoms with E-state index in [4.69, 9.17) is 0 Å². The third-order valence-corrected chi connectivity index (χ3v) is 10.2. The molecular formula is C21H34N2O4S2. The van der Waals surface area contributed by atoms with Crippen molar-refractivity contribution in [3.8, 4) is 0 Å². The summed E-state index contributed by atoms with van der Waals surface area (Å²) in [5.74, 6) is 0.907. The van der Waals surface area contributed by atoms with Crippen LogP contribution in [0, 0.1) is 11.8 Å². The Morgan fingerprint density at radius 2 is 1.38 bits per heavy atom. The molecule has 1 heterocycles. The number of hydrogen-bond acceptors (Lipinski definition) is 4. The van der Waals surface area contributed by atoms with Crippen LogP contribution in [0.25, 0.3) is 0 Å². The van der Waals surface area contributed by atoms with Gasteiger partial charge in [0.25, 0.3) is 0 Å². The van der Waals surface area contributed by atoms with Crippen LogP contribution in [-0.4, -0.2) is 39.3 Å². The van der Waals surface area contributed by atoms with Crippen molar-refractivity contribution < 1.29 is 16.8 Å². The Bertz CT molecular complexity index is 903. The molecule has 1 aliphatic heterocycles. The average molecular weight is 443 g/mol. The first-order chi connectivity index (χ1) is 13.5. The molecule has 5 atom stereocenters. The summed E-state index contributed by atoms with van der Waals surface area (Å²) in [6.07, 6.45) is 5.57. The van der Waals surface area contributed by atoms with Crippen LogP contribution in [-0.2, 0) is 20.0 Å². The first-order valence-electron chi connectivity index (χ1n) is 10.7. The first kappa shape index (κ1) is 22.7. The minimum atomic E-state index is -3.68. The lowest BCUT2D eigenvalue weighted by atomic mass is 9.80. The number of rotatable bonds is 5. The molecule has 2 aliphatic rings. The van der Waals surface area contributed by atoms with Gasteiger partial charge in [0, 0.05) is 18.1 Å². The fourth-order valence-corrected chi connectivity index (χ4v) is 8.15. The second kappa shape index (κ2) is 8.65. The molecule has 1 aromatic carbocycles. The summed E-state index contributed by atoms with van der Waals surface area (Å²) in [6, 6.07) is 5.48. The van der Waals surface area contributed by atoms with E-state index in [2.05, 4.69) is 18.6 Å². The number of hydrogen-bond donors (Lipinski definition) is 1. The van der Waals surface area contributed by atoms with E-state index in [1.165, 1.54) is 24.3 Å². The molecule has 0 bridgehead atoms. The van der Waals surface area contributed by atoms with Gasteiger partial charge in [0.15, 0.2) is 0 Å². The molecule has 29 heavy (non-hydrogen) atoms. The second-order valence-corrected chi connectivity index (χ2v) is 12.6. The van der Waals surface area contributed by atoms with E-state index >= 15 is 0 Å². The molecule has 2 fully saturated rings. The Kier molecular flexibility index (Phi) is 6.78. The van der Waals surface area contributed by atoms with Gasteiger partial charge in [-0.25, -0.2) is 21.6 Å². The maximum atomic E-state index is 13.1. The van der Waals surface area contributed by atoms with Crippen LogP contribution in [0.5, 0.6) is 0 Å². The third kappa shape index (κ3) is 4.86. The van der Waals surface area contributed by atoms with Crippen molar-refractivity contribution in [2.45, 2.75) is 94.1 Å². The van der Waals surface area contributed by atoms with Gasteiger partial charge >= 0.3 is 0 Å². The number of nitrogens with one attached hydrogen (secondary N) is 1. The van der Waals surface area contributed by atoms with E-state index in [1.54, 1.807) is 4.31 Å². The van der Waals surface area contributed by atoms with E-state index in [-0.39, 0.29) is 33.8 Å². The SMILES string of the molecule is CC1CCC(NS(=O)(=O)c2ccc(S(=O)(=O)N3C(C)CCCC3C)cc2)C(C)C1. The molecule has 0 aromatic heterocycles. The van der Waals surface area contributed by atoms with Crippen LogP contribution in [0.1, 0.15) is 66.2 Å². The predicted octanol–water partition coefficient (Wildman–Crippen LogP) is 3.74. The topological polar surface area (TPSA) is 83.5 Å². The molecule has 6 nitrogen and oxygen atoms in total. The Balaban J connectivity index is 1.78. The third-order valence-electron chi connectivity index (χ3n) is 6.56. The highest BCUT2D eigenvalue weighted by Gasteiger charge is 2.36. The molecule has 1 N–H and O–H groups in total. The van der Waals surface area contributed by atoms with Crippen molar-refractivity contribution >= 4 is 20.0 Å². The highest BCUT2D eigenvalue weighted by Crippen LogP contribution is 2.31. The van der Waals surface area contributed by atoms with Crippen LogP contribution in [0.15, 0.2) is 34.1 Å². The maximum Gasteiger partial charge on any atom is 0.243 e. The lowest BCUT2D eigenvalue weighted by Gasteiger charge is -2.37. The summed E-state index contributed by atoms with van der Waals surface area (Å²) in [5, 5.41) is 0. The number of sulfonamides is 2. The summed E-state index contributed by atoms with van der Waals surface area (Å²) in [4.78, 5) is 0.263. The zero-order valence-electron chi connectivity index (χ0n) is 17.8. The van der Waals surface area contributed by atoms with Crippen molar-refractivity contribution in [2.24, 2.45) is 11.8 Å². The van der Waals surface area contributed by atoms with Crippen molar-refractivity contribution in [2.75, 3.05) is 0 Å². The Morgan fingerprint density at radius 1 is 0.828 bits per heavy atom. The fourth-order valence-electron chi connectivity index (χ4n) is 4.89. The van der Waals surface area contributed by atoms with E-state index in [0.717, 1.165) is 38.5 Å². The molecule has 8 heteroatoms. The smallest absolute Gasteiger partial charge is 0.208 e.